The maximum atomic E-state index is 5.80. The van der Waals surface area contributed by atoms with E-state index in [2.05, 4.69) is 23.7 Å². The zero-order valence-corrected chi connectivity index (χ0v) is 8.08. The molecule has 1 aliphatic heterocycles. The Labute approximate surface area is 74.6 Å². The van der Waals surface area contributed by atoms with Gasteiger partial charge in [0.2, 0.25) is 0 Å². The number of nitrogens with two attached hydrogens (primary N) is 1. The van der Waals surface area contributed by atoms with Gasteiger partial charge in [0, 0.05) is 19.6 Å². The van der Waals surface area contributed by atoms with Crippen LogP contribution in [0.1, 0.15) is 26.7 Å². The SMILES string of the molecule is CC(C)CN=C(N)N1CCCC1. The van der Waals surface area contributed by atoms with E-state index in [-0.39, 0.29) is 0 Å². The number of aliphatic imine (C=N–C) groups is 1. The number of hydrogen-bond acceptors (Lipinski definition) is 1. The number of rotatable bonds is 2. The van der Waals surface area contributed by atoms with E-state index >= 15 is 0 Å². The largest absolute Gasteiger partial charge is 0.370 e. The molecule has 0 aromatic rings. The fourth-order valence-electron chi connectivity index (χ4n) is 1.32. The van der Waals surface area contributed by atoms with Crippen molar-refractivity contribution in [3.8, 4) is 0 Å². The van der Waals surface area contributed by atoms with E-state index in [1.165, 1.54) is 12.8 Å². The monoisotopic (exact) mass is 169 g/mol. The molecule has 0 aromatic carbocycles. The Balaban J connectivity index is 2.34. The molecule has 0 atom stereocenters. The van der Waals surface area contributed by atoms with Gasteiger partial charge in [-0.15, -0.1) is 0 Å². The Morgan fingerprint density at radius 3 is 2.50 bits per heavy atom. The molecule has 0 aromatic heterocycles. The molecule has 0 spiro atoms. The second-order valence-electron chi connectivity index (χ2n) is 3.79. The fraction of sp³-hybridized carbons (Fsp3) is 0.889. The summed E-state index contributed by atoms with van der Waals surface area (Å²) in [5.41, 5.74) is 5.80. The van der Waals surface area contributed by atoms with Crippen LogP contribution in [0.25, 0.3) is 0 Å². The van der Waals surface area contributed by atoms with Crippen LogP contribution in [0.3, 0.4) is 0 Å². The minimum absolute atomic E-state index is 0.603. The highest BCUT2D eigenvalue weighted by Gasteiger charge is 2.12. The number of guanidine groups is 1. The van der Waals surface area contributed by atoms with Gasteiger partial charge in [0.25, 0.3) is 0 Å². The number of likely N-dealkylation sites (tertiary alicyclic amines) is 1. The van der Waals surface area contributed by atoms with Crippen LogP contribution in [0.4, 0.5) is 0 Å². The van der Waals surface area contributed by atoms with Gasteiger partial charge in [-0.2, -0.15) is 0 Å². The maximum absolute atomic E-state index is 5.80. The van der Waals surface area contributed by atoms with Crippen LogP contribution < -0.4 is 5.73 Å². The molecule has 0 saturated carbocycles. The van der Waals surface area contributed by atoms with Crippen LogP contribution in [-0.2, 0) is 0 Å². The summed E-state index contributed by atoms with van der Waals surface area (Å²) >= 11 is 0. The predicted molar refractivity (Wildman–Crippen MR) is 52.1 cm³/mol. The molecule has 0 amide bonds. The van der Waals surface area contributed by atoms with Crippen molar-refractivity contribution in [2.75, 3.05) is 19.6 Å². The Hall–Kier alpha value is -0.730. The Morgan fingerprint density at radius 2 is 2.00 bits per heavy atom. The smallest absolute Gasteiger partial charge is 0.191 e. The lowest BCUT2D eigenvalue weighted by molar-refractivity contribution is 0.506. The van der Waals surface area contributed by atoms with E-state index in [4.69, 9.17) is 5.73 Å². The second kappa shape index (κ2) is 4.33. The van der Waals surface area contributed by atoms with Crippen molar-refractivity contribution < 1.29 is 0 Å². The molecule has 0 radical (unpaired) electrons. The molecule has 2 N–H and O–H groups in total. The molecule has 3 nitrogen and oxygen atoms in total. The molecule has 12 heavy (non-hydrogen) atoms. The summed E-state index contributed by atoms with van der Waals surface area (Å²) in [5.74, 6) is 1.34. The highest BCUT2D eigenvalue weighted by Crippen LogP contribution is 2.06. The number of hydrogen-bond donors (Lipinski definition) is 1. The van der Waals surface area contributed by atoms with Crippen molar-refractivity contribution in [1.82, 2.24) is 4.90 Å². The lowest BCUT2D eigenvalue weighted by Crippen LogP contribution is -2.35. The Morgan fingerprint density at radius 1 is 1.42 bits per heavy atom. The van der Waals surface area contributed by atoms with E-state index < -0.39 is 0 Å². The molecule has 1 fully saturated rings. The summed E-state index contributed by atoms with van der Waals surface area (Å²) in [4.78, 5) is 6.50. The van der Waals surface area contributed by atoms with Crippen molar-refractivity contribution >= 4 is 5.96 Å². The summed E-state index contributed by atoms with van der Waals surface area (Å²) in [5, 5.41) is 0. The Bertz CT molecular complexity index is 157. The van der Waals surface area contributed by atoms with Crippen molar-refractivity contribution in [1.29, 1.82) is 0 Å². The maximum Gasteiger partial charge on any atom is 0.191 e. The molecular weight excluding hydrogens is 150 g/mol. The molecule has 0 aliphatic carbocycles. The van der Waals surface area contributed by atoms with Gasteiger partial charge in [0.05, 0.1) is 0 Å². The third-order valence-electron chi connectivity index (χ3n) is 2.05. The first-order valence-corrected chi connectivity index (χ1v) is 4.75. The predicted octanol–water partition coefficient (Wildman–Crippen LogP) is 1.05. The van der Waals surface area contributed by atoms with E-state index in [0.29, 0.717) is 5.92 Å². The van der Waals surface area contributed by atoms with Gasteiger partial charge in [-0.3, -0.25) is 4.99 Å². The second-order valence-corrected chi connectivity index (χ2v) is 3.79. The van der Waals surface area contributed by atoms with Crippen LogP contribution in [0, 0.1) is 5.92 Å². The molecule has 0 bridgehead atoms. The summed E-state index contributed by atoms with van der Waals surface area (Å²) in [6.07, 6.45) is 2.52. The van der Waals surface area contributed by atoms with E-state index in [9.17, 15) is 0 Å². The van der Waals surface area contributed by atoms with Crippen LogP contribution in [0.15, 0.2) is 4.99 Å². The Kier molecular flexibility index (Phi) is 3.38. The molecular formula is C9H19N3. The normalized spacial score (nSPS) is 19.2. The standard InChI is InChI=1S/C9H19N3/c1-8(2)7-11-9(10)12-5-3-4-6-12/h8H,3-7H2,1-2H3,(H2,10,11). The fourth-order valence-corrected chi connectivity index (χ4v) is 1.32. The van der Waals surface area contributed by atoms with Gasteiger partial charge >= 0.3 is 0 Å². The lowest BCUT2D eigenvalue weighted by atomic mass is 10.2. The van der Waals surface area contributed by atoms with Gasteiger partial charge < -0.3 is 10.6 Å². The summed E-state index contributed by atoms with van der Waals surface area (Å²) in [6, 6.07) is 0. The zero-order chi connectivity index (χ0) is 8.97. The van der Waals surface area contributed by atoms with Crippen molar-refractivity contribution in [3.63, 3.8) is 0 Å². The molecule has 1 heterocycles. The summed E-state index contributed by atoms with van der Waals surface area (Å²) < 4.78 is 0. The van der Waals surface area contributed by atoms with Crippen molar-refractivity contribution in [3.05, 3.63) is 0 Å². The third kappa shape index (κ3) is 2.72. The minimum Gasteiger partial charge on any atom is -0.370 e. The van der Waals surface area contributed by atoms with E-state index in [0.717, 1.165) is 25.6 Å². The molecule has 0 unspecified atom stereocenters. The van der Waals surface area contributed by atoms with Crippen LogP contribution in [0.5, 0.6) is 0 Å². The first kappa shape index (κ1) is 9.36. The van der Waals surface area contributed by atoms with Crippen LogP contribution in [-0.4, -0.2) is 30.5 Å². The van der Waals surface area contributed by atoms with Gasteiger partial charge in [-0.1, -0.05) is 13.8 Å². The van der Waals surface area contributed by atoms with Gasteiger partial charge in [-0.25, -0.2) is 0 Å². The van der Waals surface area contributed by atoms with Crippen molar-refractivity contribution in [2.24, 2.45) is 16.6 Å². The zero-order valence-electron chi connectivity index (χ0n) is 8.08. The van der Waals surface area contributed by atoms with Crippen LogP contribution in [0.2, 0.25) is 0 Å². The average molecular weight is 169 g/mol. The van der Waals surface area contributed by atoms with Gasteiger partial charge in [-0.05, 0) is 18.8 Å². The highest BCUT2D eigenvalue weighted by atomic mass is 15.3. The first-order valence-electron chi connectivity index (χ1n) is 4.75. The quantitative estimate of drug-likeness (QED) is 0.496. The van der Waals surface area contributed by atoms with Gasteiger partial charge in [0.15, 0.2) is 5.96 Å². The minimum atomic E-state index is 0.603. The van der Waals surface area contributed by atoms with Gasteiger partial charge in [0.1, 0.15) is 0 Å². The molecule has 3 heteroatoms. The third-order valence-corrected chi connectivity index (χ3v) is 2.05. The molecule has 1 aliphatic rings. The highest BCUT2D eigenvalue weighted by molar-refractivity contribution is 5.78. The topological polar surface area (TPSA) is 41.6 Å². The van der Waals surface area contributed by atoms with Crippen molar-refractivity contribution in [2.45, 2.75) is 26.7 Å². The summed E-state index contributed by atoms with van der Waals surface area (Å²) in [6.45, 7) is 7.34. The van der Waals surface area contributed by atoms with E-state index in [1.54, 1.807) is 0 Å². The first-order chi connectivity index (χ1) is 5.70. The lowest BCUT2D eigenvalue weighted by Gasteiger charge is -2.16. The average Bonchev–Trinajstić information content (AvgIpc) is 2.51. The summed E-state index contributed by atoms with van der Waals surface area (Å²) in [7, 11) is 0. The molecule has 1 saturated heterocycles. The number of nitrogens with zero attached hydrogens (tertiary/aromatic N) is 2. The van der Waals surface area contributed by atoms with E-state index in [1.807, 2.05) is 0 Å². The molecule has 70 valence electrons. The van der Waals surface area contributed by atoms with Crippen LogP contribution >= 0.6 is 0 Å². The molecule has 1 rings (SSSR count).